The Kier molecular flexibility index (Phi) is 10.0. The van der Waals surface area contributed by atoms with Crippen molar-refractivity contribution in [3.05, 3.63) is 12.2 Å². The van der Waals surface area contributed by atoms with Gasteiger partial charge in [-0.3, -0.25) is 4.79 Å². The quantitative estimate of drug-likeness (QED) is 0.397. The average Bonchev–Trinajstić information content (AvgIpc) is 2.21. The Bertz CT molecular complexity index is 159. The number of Topliss-reactive ketones (excluding diaryl/α,β-unsaturated/α-hetero) is 1. The minimum Gasteiger partial charge on any atom is -0.299 e. The highest BCUT2D eigenvalue weighted by Gasteiger charge is 1.91. The van der Waals surface area contributed by atoms with Crippen molar-refractivity contribution in [1.82, 2.24) is 0 Å². The maximum absolute atomic E-state index is 10.9. The predicted octanol–water partition coefficient (Wildman–Crippen LogP) is 4.27. The van der Waals surface area contributed by atoms with E-state index in [-0.39, 0.29) is 0 Å². The Morgan fingerprint density at radius 2 is 1.71 bits per heavy atom. The fourth-order valence-electron chi connectivity index (χ4n) is 1.34. The lowest BCUT2D eigenvalue weighted by atomic mass is 10.1. The number of ketones is 1. The first-order valence-corrected chi connectivity index (χ1v) is 5.98. The van der Waals surface area contributed by atoms with Crippen LogP contribution in [0.5, 0.6) is 0 Å². The smallest absolute Gasteiger partial charge is 0.136 e. The molecule has 0 bridgehead atoms. The summed E-state index contributed by atoms with van der Waals surface area (Å²) in [5.41, 5.74) is 0. The molecule has 0 heterocycles. The lowest BCUT2D eigenvalue weighted by Gasteiger charge is -1.95. The average molecular weight is 196 g/mol. The molecule has 0 N–H and O–H groups in total. The third kappa shape index (κ3) is 9.50. The number of rotatable bonds is 9. The van der Waals surface area contributed by atoms with Gasteiger partial charge in [-0.25, -0.2) is 0 Å². The van der Waals surface area contributed by atoms with Gasteiger partial charge in [0.1, 0.15) is 5.78 Å². The SMILES string of the molecule is CCCCCCC/C=C/CC(=O)CC. The molecule has 0 aromatic carbocycles. The van der Waals surface area contributed by atoms with Crippen molar-refractivity contribution in [2.45, 2.75) is 65.2 Å². The van der Waals surface area contributed by atoms with Crippen molar-refractivity contribution in [3.8, 4) is 0 Å². The first-order valence-electron chi connectivity index (χ1n) is 5.98. The van der Waals surface area contributed by atoms with E-state index in [0.29, 0.717) is 18.6 Å². The molecule has 1 nitrogen and oxygen atoms in total. The number of allylic oxidation sites excluding steroid dienone is 2. The molecule has 0 aromatic heterocycles. The van der Waals surface area contributed by atoms with Gasteiger partial charge in [0.15, 0.2) is 0 Å². The second-order valence-electron chi connectivity index (χ2n) is 3.77. The van der Waals surface area contributed by atoms with Crippen LogP contribution in [0.15, 0.2) is 12.2 Å². The van der Waals surface area contributed by atoms with Gasteiger partial charge in [-0.05, 0) is 12.8 Å². The van der Waals surface area contributed by atoms with Gasteiger partial charge in [-0.15, -0.1) is 0 Å². The molecule has 0 saturated heterocycles. The first-order chi connectivity index (χ1) is 6.81. The maximum Gasteiger partial charge on any atom is 0.136 e. The predicted molar refractivity (Wildman–Crippen MR) is 62.4 cm³/mol. The molecule has 0 rings (SSSR count). The van der Waals surface area contributed by atoms with Crippen molar-refractivity contribution < 1.29 is 4.79 Å². The Balaban J connectivity index is 3.15. The molecule has 0 aliphatic carbocycles. The van der Waals surface area contributed by atoms with Crippen LogP contribution in [0.3, 0.4) is 0 Å². The van der Waals surface area contributed by atoms with E-state index in [1.165, 1.54) is 32.1 Å². The molecular weight excluding hydrogens is 172 g/mol. The lowest BCUT2D eigenvalue weighted by Crippen LogP contribution is -1.90. The van der Waals surface area contributed by atoms with E-state index >= 15 is 0 Å². The summed E-state index contributed by atoms with van der Waals surface area (Å²) in [6.45, 7) is 4.15. The maximum atomic E-state index is 10.9. The topological polar surface area (TPSA) is 17.1 Å². The summed E-state index contributed by atoms with van der Waals surface area (Å²) in [6.07, 6.45) is 13.2. The molecule has 0 radical (unpaired) electrons. The van der Waals surface area contributed by atoms with E-state index < -0.39 is 0 Å². The highest BCUT2D eigenvalue weighted by atomic mass is 16.1. The minimum atomic E-state index is 0.340. The van der Waals surface area contributed by atoms with E-state index in [4.69, 9.17) is 0 Å². The molecule has 0 aromatic rings. The molecule has 0 saturated carbocycles. The molecule has 14 heavy (non-hydrogen) atoms. The van der Waals surface area contributed by atoms with Crippen molar-refractivity contribution in [3.63, 3.8) is 0 Å². The van der Waals surface area contributed by atoms with Gasteiger partial charge in [-0.2, -0.15) is 0 Å². The Morgan fingerprint density at radius 3 is 2.36 bits per heavy atom. The number of hydrogen-bond acceptors (Lipinski definition) is 1. The van der Waals surface area contributed by atoms with Crippen LogP contribution >= 0.6 is 0 Å². The van der Waals surface area contributed by atoms with Gasteiger partial charge in [0, 0.05) is 12.8 Å². The largest absolute Gasteiger partial charge is 0.299 e. The van der Waals surface area contributed by atoms with E-state index in [9.17, 15) is 4.79 Å². The molecule has 82 valence electrons. The van der Waals surface area contributed by atoms with Crippen LogP contribution in [-0.2, 0) is 4.79 Å². The van der Waals surface area contributed by atoms with Gasteiger partial charge in [0.25, 0.3) is 0 Å². The highest BCUT2D eigenvalue weighted by Crippen LogP contribution is 2.05. The summed E-state index contributed by atoms with van der Waals surface area (Å²) in [5.74, 6) is 0.340. The van der Waals surface area contributed by atoms with Crippen molar-refractivity contribution >= 4 is 5.78 Å². The summed E-state index contributed by atoms with van der Waals surface area (Å²) in [5, 5.41) is 0. The number of hydrogen-bond donors (Lipinski definition) is 0. The highest BCUT2D eigenvalue weighted by molar-refractivity contribution is 5.79. The third-order valence-corrected chi connectivity index (χ3v) is 2.38. The van der Waals surface area contributed by atoms with E-state index in [0.717, 1.165) is 6.42 Å². The number of unbranched alkanes of at least 4 members (excludes halogenated alkanes) is 5. The van der Waals surface area contributed by atoms with Crippen LogP contribution in [0, 0.1) is 0 Å². The molecule has 0 spiro atoms. The fourth-order valence-corrected chi connectivity index (χ4v) is 1.34. The van der Waals surface area contributed by atoms with Crippen LogP contribution in [-0.4, -0.2) is 5.78 Å². The summed E-state index contributed by atoms with van der Waals surface area (Å²) in [4.78, 5) is 10.9. The molecule has 0 amide bonds. The monoisotopic (exact) mass is 196 g/mol. The van der Waals surface area contributed by atoms with Crippen molar-refractivity contribution in [2.75, 3.05) is 0 Å². The second-order valence-corrected chi connectivity index (χ2v) is 3.77. The zero-order chi connectivity index (χ0) is 10.6. The molecule has 0 aliphatic rings. The Morgan fingerprint density at radius 1 is 1.00 bits per heavy atom. The van der Waals surface area contributed by atoms with Crippen molar-refractivity contribution in [1.29, 1.82) is 0 Å². The normalized spacial score (nSPS) is 11.0. The summed E-state index contributed by atoms with van der Waals surface area (Å²) < 4.78 is 0. The molecule has 0 fully saturated rings. The van der Waals surface area contributed by atoms with Crippen LogP contribution in [0.1, 0.15) is 65.2 Å². The Hall–Kier alpha value is -0.590. The van der Waals surface area contributed by atoms with Crippen LogP contribution in [0.2, 0.25) is 0 Å². The van der Waals surface area contributed by atoms with Gasteiger partial charge >= 0.3 is 0 Å². The zero-order valence-electron chi connectivity index (χ0n) is 9.72. The lowest BCUT2D eigenvalue weighted by molar-refractivity contribution is -0.117. The van der Waals surface area contributed by atoms with Crippen molar-refractivity contribution in [2.24, 2.45) is 0 Å². The van der Waals surface area contributed by atoms with Crippen LogP contribution < -0.4 is 0 Å². The zero-order valence-corrected chi connectivity index (χ0v) is 9.72. The summed E-state index contributed by atoms with van der Waals surface area (Å²) >= 11 is 0. The first kappa shape index (κ1) is 13.4. The molecule has 0 aliphatic heterocycles. The standard InChI is InChI=1S/C13H24O/c1-3-5-6-7-8-9-10-11-12-13(14)4-2/h10-11H,3-9,12H2,1-2H3/b11-10+. The van der Waals surface area contributed by atoms with E-state index in [1.54, 1.807) is 0 Å². The van der Waals surface area contributed by atoms with Gasteiger partial charge in [-0.1, -0.05) is 51.7 Å². The summed E-state index contributed by atoms with van der Waals surface area (Å²) in [6, 6.07) is 0. The number of carbonyl (C=O) groups excluding carboxylic acids is 1. The van der Waals surface area contributed by atoms with Gasteiger partial charge in [0.2, 0.25) is 0 Å². The third-order valence-electron chi connectivity index (χ3n) is 2.38. The Labute approximate surface area is 88.6 Å². The minimum absolute atomic E-state index is 0.340. The molecule has 0 unspecified atom stereocenters. The summed E-state index contributed by atoms with van der Waals surface area (Å²) in [7, 11) is 0. The molecule has 0 atom stereocenters. The van der Waals surface area contributed by atoms with Gasteiger partial charge < -0.3 is 0 Å². The number of carbonyl (C=O) groups is 1. The van der Waals surface area contributed by atoms with Crippen LogP contribution in [0.4, 0.5) is 0 Å². The molecular formula is C13H24O. The van der Waals surface area contributed by atoms with Crippen LogP contribution in [0.25, 0.3) is 0 Å². The molecule has 1 heteroatoms. The fraction of sp³-hybridized carbons (Fsp3) is 0.769. The van der Waals surface area contributed by atoms with E-state index in [2.05, 4.69) is 13.0 Å². The van der Waals surface area contributed by atoms with E-state index in [1.807, 2.05) is 13.0 Å². The second kappa shape index (κ2) is 10.5. The van der Waals surface area contributed by atoms with Gasteiger partial charge in [0.05, 0.1) is 0 Å².